The Morgan fingerprint density at radius 1 is 0.811 bits per heavy atom. The van der Waals surface area contributed by atoms with E-state index < -0.39 is 10.0 Å². The first kappa shape index (κ1) is 24.2. The normalized spacial score (nSPS) is 14.0. The van der Waals surface area contributed by atoms with Crippen molar-refractivity contribution in [1.82, 2.24) is 4.57 Å². The number of fused-ring (bicyclic) bond motifs is 5. The van der Waals surface area contributed by atoms with Gasteiger partial charge in [-0.05, 0) is 79.3 Å². The molecule has 4 aromatic carbocycles. The van der Waals surface area contributed by atoms with Gasteiger partial charge in [0.1, 0.15) is 0 Å². The molecular formula is C31H27IN2O2S. The predicted molar refractivity (Wildman–Crippen MR) is 162 cm³/mol. The molecule has 0 amide bonds. The minimum absolute atomic E-state index is 0.297. The third-order valence-electron chi connectivity index (χ3n) is 7.25. The summed E-state index contributed by atoms with van der Waals surface area (Å²) in [6.07, 6.45) is 0. The van der Waals surface area contributed by atoms with Crippen LogP contribution in [0.25, 0.3) is 27.4 Å². The zero-order valence-electron chi connectivity index (χ0n) is 21.0. The summed E-state index contributed by atoms with van der Waals surface area (Å²) in [7, 11) is -3.77. The van der Waals surface area contributed by atoms with Crippen molar-refractivity contribution in [1.29, 1.82) is 0 Å². The van der Waals surface area contributed by atoms with Gasteiger partial charge in [0.15, 0.2) is 0 Å². The lowest BCUT2D eigenvalue weighted by molar-refractivity contribution is 0.592. The van der Waals surface area contributed by atoms with Gasteiger partial charge < -0.3 is 4.57 Å². The van der Waals surface area contributed by atoms with Crippen molar-refractivity contribution < 1.29 is 8.42 Å². The van der Waals surface area contributed by atoms with Crippen molar-refractivity contribution in [3.05, 3.63) is 111 Å². The maximum Gasteiger partial charge on any atom is 0.264 e. The Balaban J connectivity index is 1.72. The van der Waals surface area contributed by atoms with Crippen molar-refractivity contribution in [2.24, 2.45) is 0 Å². The molecule has 0 N–H and O–H groups in total. The Morgan fingerprint density at radius 3 is 2.14 bits per heavy atom. The van der Waals surface area contributed by atoms with Gasteiger partial charge in [-0.2, -0.15) is 0 Å². The number of benzene rings is 4. The van der Waals surface area contributed by atoms with Crippen LogP contribution in [0, 0.1) is 13.8 Å². The van der Waals surface area contributed by atoms with E-state index in [1.807, 2.05) is 25.1 Å². The molecule has 5 aromatic rings. The summed E-state index contributed by atoms with van der Waals surface area (Å²) in [5.74, 6) is 0. The highest BCUT2D eigenvalue weighted by Gasteiger charge is 2.35. The van der Waals surface area contributed by atoms with Gasteiger partial charge in [0.25, 0.3) is 10.0 Å². The van der Waals surface area contributed by atoms with Crippen LogP contribution in [0.4, 0.5) is 5.69 Å². The SMILES string of the molecule is CCn1c2ccccc2c2c3c(ccc21)N(S(=O)(=O)c1ccc(C)cc1)CC(I)=C3c1ccc(C)cc1. The third kappa shape index (κ3) is 3.80. The van der Waals surface area contributed by atoms with Gasteiger partial charge >= 0.3 is 0 Å². The van der Waals surface area contributed by atoms with Crippen LogP contribution in [-0.4, -0.2) is 19.5 Å². The van der Waals surface area contributed by atoms with Gasteiger partial charge in [-0.1, -0.05) is 65.7 Å². The lowest BCUT2D eigenvalue weighted by atomic mass is 9.90. The first-order valence-corrected chi connectivity index (χ1v) is 14.9. The second-order valence-corrected chi connectivity index (χ2v) is 12.8. The number of rotatable bonds is 4. The second-order valence-electron chi connectivity index (χ2n) is 9.59. The molecule has 6 heteroatoms. The van der Waals surface area contributed by atoms with Crippen LogP contribution in [0.5, 0.6) is 0 Å². The van der Waals surface area contributed by atoms with Gasteiger partial charge in [-0.25, -0.2) is 8.42 Å². The molecule has 37 heavy (non-hydrogen) atoms. The number of para-hydroxylation sites is 1. The summed E-state index contributed by atoms with van der Waals surface area (Å²) in [5, 5.41) is 2.24. The molecule has 0 aliphatic carbocycles. The second kappa shape index (κ2) is 9.03. The highest BCUT2D eigenvalue weighted by atomic mass is 127. The molecule has 1 aliphatic heterocycles. The predicted octanol–water partition coefficient (Wildman–Crippen LogP) is 7.83. The number of hydrogen-bond acceptors (Lipinski definition) is 2. The number of sulfonamides is 1. The van der Waals surface area contributed by atoms with Crippen molar-refractivity contribution in [2.45, 2.75) is 32.2 Å². The van der Waals surface area contributed by atoms with Crippen LogP contribution in [0.3, 0.4) is 0 Å². The number of hydrogen-bond donors (Lipinski definition) is 0. The van der Waals surface area contributed by atoms with E-state index in [1.165, 1.54) is 5.56 Å². The van der Waals surface area contributed by atoms with E-state index in [1.54, 1.807) is 16.4 Å². The van der Waals surface area contributed by atoms with Crippen LogP contribution in [0.2, 0.25) is 0 Å². The Kier molecular flexibility index (Phi) is 5.92. The average molecular weight is 619 g/mol. The molecule has 0 saturated carbocycles. The van der Waals surface area contributed by atoms with Crippen molar-refractivity contribution in [3.63, 3.8) is 0 Å². The zero-order valence-corrected chi connectivity index (χ0v) is 24.0. The fourth-order valence-electron chi connectivity index (χ4n) is 5.43. The van der Waals surface area contributed by atoms with Crippen LogP contribution < -0.4 is 4.31 Å². The van der Waals surface area contributed by atoms with Crippen molar-refractivity contribution in [2.75, 3.05) is 10.8 Å². The number of aromatic nitrogens is 1. The van der Waals surface area contributed by atoms with E-state index in [0.717, 1.165) is 59.9 Å². The fraction of sp³-hybridized carbons (Fsp3) is 0.161. The maximum atomic E-state index is 14.1. The molecule has 1 aliphatic rings. The van der Waals surface area contributed by atoms with Gasteiger partial charge in [0.05, 0.1) is 17.1 Å². The monoisotopic (exact) mass is 618 g/mol. The van der Waals surface area contributed by atoms with Crippen molar-refractivity contribution >= 4 is 65.7 Å². The molecule has 0 atom stereocenters. The zero-order chi connectivity index (χ0) is 25.9. The third-order valence-corrected chi connectivity index (χ3v) is 9.91. The fourth-order valence-corrected chi connectivity index (χ4v) is 8.03. The molecule has 0 saturated heterocycles. The molecule has 4 nitrogen and oxygen atoms in total. The average Bonchev–Trinajstić information content (AvgIpc) is 3.23. The largest absolute Gasteiger partial charge is 0.341 e. The summed E-state index contributed by atoms with van der Waals surface area (Å²) < 4.78 is 33.0. The molecule has 2 heterocycles. The summed E-state index contributed by atoms with van der Waals surface area (Å²) in [5.41, 5.74) is 8.41. The van der Waals surface area contributed by atoms with E-state index in [4.69, 9.17) is 0 Å². The van der Waals surface area contributed by atoms with Crippen LogP contribution in [0.1, 0.15) is 29.2 Å². The quantitative estimate of drug-likeness (QED) is 0.193. The summed E-state index contributed by atoms with van der Waals surface area (Å²) in [6.45, 7) is 7.33. The molecule has 0 spiro atoms. The number of halogens is 1. The number of aryl methyl sites for hydroxylation is 3. The molecular weight excluding hydrogens is 591 g/mol. The van der Waals surface area contributed by atoms with E-state index in [2.05, 4.69) is 95.6 Å². The minimum Gasteiger partial charge on any atom is -0.341 e. The summed E-state index contributed by atoms with van der Waals surface area (Å²) in [4.78, 5) is 0.308. The van der Waals surface area contributed by atoms with E-state index in [-0.39, 0.29) is 0 Å². The molecule has 186 valence electrons. The highest BCUT2D eigenvalue weighted by molar-refractivity contribution is 14.1. The van der Waals surface area contributed by atoms with Gasteiger partial charge in [0.2, 0.25) is 0 Å². The molecule has 0 radical (unpaired) electrons. The molecule has 6 rings (SSSR count). The van der Waals surface area contributed by atoms with E-state index in [0.29, 0.717) is 11.4 Å². The number of anilines is 1. The van der Waals surface area contributed by atoms with Crippen LogP contribution >= 0.6 is 22.6 Å². The highest BCUT2D eigenvalue weighted by Crippen LogP contribution is 2.48. The molecule has 0 fully saturated rings. The first-order valence-electron chi connectivity index (χ1n) is 12.4. The Labute approximate surface area is 231 Å². The molecule has 0 unspecified atom stereocenters. The van der Waals surface area contributed by atoms with Crippen molar-refractivity contribution in [3.8, 4) is 0 Å². The van der Waals surface area contributed by atoms with E-state index in [9.17, 15) is 8.42 Å². The maximum absolute atomic E-state index is 14.1. The molecule has 1 aromatic heterocycles. The Morgan fingerprint density at radius 2 is 1.46 bits per heavy atom. The smallest absolute Gasteiger partial charge is 0.264 e. The van der Waals surface area contributed by atoms with Gasteiger partial charge in [-0.3, -0.25) is 4.31 Å². The summed E-state index contributed by atoms with van der Waals surface area (Å²) in [6, 6.07) is 28.2. The molecule has 0 bridgehead atoms. The lowest BCUT2D eigenvalue weighted by Crippen LogP contribution is -2.35. The minimum atomic E-state index is -3.77. The van der Waals surface area contributed by atoms with Gasteiger partial charge in [-0.15, -0.1) is 0 Å². The van der Waals surface area contributed by atoms with Gasteiger partial charge in [0, 0.05) is 43.1 Å². The summed E-state index contributed by atoms with van der Waals surface area (Å²) >= 11 is 2.35. The first-order chi connectivity index (χ1) is 17.8. The van der Waals surface area contributed by atoms with Crippen LogP contribution in [0.15, 0.2) is 93.4 Å². The Hall–Kier alpha value is -3.10. The standard InChI is InChI=1S/C31H27IN2O2S/c1-4-33-26-8-6-5-7-24(26)30-27(33)17-18-28-31(30)29(22-13-9-20(2)10-14-22)25(32)19-34(28)37(35,36)23-15-11-21(3)12-16-23/h5-18H,4,19H2,1-3H3. The Bertz CT molecular complexity index is 1820. The topological polar surface area (TPSA) is 42.3 Å². The van der Waals surface area contributed by atoms with E-state index >= 15 is 0 Å². The lowest BCUT2D eigenvalue weighted by Gasteiger charge is -2.33. The van der Waals surface area contributed by atoms with Crippen LogP contribution in [-0.2, 0) is 16.6 Å². The number of nitrogens with zero attached hydrogens (tertiary/aromatic N) is 2.